The molecule has 0 aliphatic carbocycles. The zero-order valence-electron chi connectivity index (χ0n) is 17.8. The van der Waals surface area contributed by atoms with Gasteiger partial charge in [-0.05, 0) is 66.7 Å². The lowest BCUT2D eigenvalue weighted by Crippen LogP contribution is -2.21. The predicted octanol–water partition coefficient (Wildman–Crippen LogP) is 4.91. The number of rotatable bonds is 6. The molecule has 2 aromatic carbocycles. The van der Waals surface area contributed by atoms with Crippen LogP contribution >= 0.6 is 23.1 Å². The van der Waals surface area contributed by atoms with Crippen molar-refractivity contribution in [3.8, 4) is 0 Å². The molecule has 0 fully saturated rings. The number of aryl methyl sites for hydroxylation is 1. The van der Waals surface area contributed by atoms with Gasteiger partial charge in [0.25, 0.3) is 5.56 Å². The first kappa shape index (κ1) is 21.8. The minimum Gasteiger partial charge on any atom is -0.478 e. The van der Waals surface area contributed by atoms with Crippen molar-refractivity contribution < 1.29 is 9.90 Å². The molecular formula is C24H17N5O3S2. The van der Waals surface area contributed by atoms with E-state index >= 15 is 0 Å². The molecule has 0 spiro atoms. The molecule has 0 aliphatic rings. The number of nitrogens with zero attached hydrogens (tertiary/aromatic N) is 4. The highest BCUT2D eigenvalue weighted by molar-refractivity contribution is 8.01. The van der Waals surface area contributed by atoms with Gasteiger partial charge in [0.2, 0.25) is 0 Å². The van der Waals surface area contributed by atoms with Gasteiger partial charge in [-0.3, -0.25) is 14.6 Å². The van der Waals surface area contributed by atoms with Crippen LogP contribution in [0.5, 0.6) is 0 Å². The molecule has 10 heteroatoms. The average Bonchev–Trinajstić information content (AvgIpc) is 3.24. The van der Waals surface area contributed by atoms with Gasteiger partial charge in [-0.2, -0.15) is 5.10 Å². The van der Waals surface area contributed by atoms with Crippen molar-refractivity contribution in [2.75, 3.05) is 5.43 Å². The molecule has 5 rings (SSSR count). The van der Waals surface area contributed by atoms with E-state index in [1.807, 2.05) is 37.3 Å². The summed E-state index contributed by atoms with van der Waals surface area (Å²) in [6.45, 7) is 1.91. The Balaban J connectivity index is 1.53. The van der Waals surface area contributed by atoms with Gasteiger partial charge < -0.3 is 5.11 Å². The van der Waals surface area contributed by atoms with Crippen LogP contribution in [0.25, 0.3) is 15.9 Å². The summed E-state index contributed by atoms with van der Waals surface area (Å²) in [6.07, 6.45) is 3.12. The number of nitrogens with one attached hydrogen (secondary N) is 1. The van der Waals surface area contributed by atoms with Crippen LogP contribution in [0.1, 0.15) is 21.5 Å². The smallest absolute Gasteiger partial charge is 0.335 e. The van der Waals surface area contributed by atoms with E-state index in [1.165, 1.54) is 45.8 Å². The highest BCUT2D eigenvalue weighted by Crippen LogP contribution is 2.34. The standard InChI is InChI=1S/C24H17N5O3S2/c1-14-5-4-12-29-20(14)27-21(34-24-26-18-6-2-3-7-19(18)33-24)17(22(29)30)13-25-28-16-10-8-15(9-11-16)23(31)32/h2-13,28H,1H3,(H,31,32)/b25-13+. The van der Waals surface area contributed by atoms with Gasteiger partial charge in [-0.25, -0.2) is 14.8 Å². The summed E-state index contributed by atoms with van der Waals surface area (Å²) in [5, 5.41) is 13.8. The van der Waals surface area contributed by atoms with E-state index in [0.29, 0.717) is 21.9 Å². The maximum atomic E-state index is 13.3. The summed E-state index contributed by atoms with van der Waals surface area (Å²) in [5.41, 5.74) is 6.03. The molecule has 168 valence electrons. The van der Waals surface area contributed by atoms with Crippen LogP contribution in [0, 0.1) is 6.92 Å². The molecule has 0 bridgehead atoms. The number of carbonyl (C=O) groups is 1. The zero-order chi connectivity index (χ0) is 23.7. The minimum atomic E-state index is -1.00. The number of benzene rings is 2. The lowest BCUT2D eigenvalue weighted by molar-refractivity contribution is 0.0697. The van der Waals surface area contributed by atoms with Crippen LogP contribution in [0.2, 0.25) is 0 Å². The van der Waals surface area contributed by atoms with Gasteiger partial charge in [-0.1, -0.05) is 18.2 Å². The van der Waals surface area contributed by atoms with Gasteiger partial charge in [-0.15, -0.1) is 11.3 Å². The van der Waals surface area contributed by atoms with E-state index in [2.05, 4.69) is 15.5 Å². The van der Waals surface area contributed by atoms with Crippen LogP contribution in [0.3, 0.4) is 0 Å². The van der Waals surface area contributed by atoms with Crippen LogP contribution < -0.4 is 11.0 Å². The number of fused-ring (bicyclic) bond motifs is 2. The Labute approximate surface area is 201 Å². The van der Waals surface area contributed by atoms with Crippen molar-refractivity contribution in [2.24, 2.45) is 5.10 Å². The van der Waals surface area contributed by atoms with Gasteiger partial charge in [0.15, 0.2) is 4.34 Å². The number of aromatic carboxylic acids is 1. The molecule has 0 radical (unpaired) electrons. The maximum absolute atomic E-state index is 13.3. The second-order valence-corrected chi connectivity index (χ2v) is 9.59. The molecule has 2 N–H and O–H groups in total. The van der Waals surface area contributed by atoms with Gasteiger partial charge in [0.1, 0.15) is 10.7 Å². The molecule has 8 nitrogen and oxygen atoms in total. The zero-order valence-corrected chi connectivity index (χ0v) is 19.4. The monoisotopic (exact) mass is 487 g/mol. The summed E-state index contributed by atoms with van der Waals surface area (Å²) in [7, 11) is 0. The lowest BCUT2D eigenvalue weighted by Gasteiger charge is -2.08. The van der Waals surface area contributed by atoms with Crippen molar-refractivity contribution in [2.45, 2.75) is 16.3 Å². The molecule has 0 amide bonds. The highest BCUT2D eigenvalue weighted by Gasteiger charge is 2.16. The largest absolute Gasteiger partial charge is 0.478 e. The minimum absolute atomic E-state index is 0.177. The quantitative estimate of drug-likeness (QED) is 0.199. The van der Waals surface area contributed by atoms with E-state index in [1.54, 1.807) is 24.4 Å². The number of hydrazone groups is 1. The fourth-order valence-electron chi connectivity index (χ4n) is 3.32. The SMILES string of the molecule is Cc1cccn2c(=O)c(/C=N/Nc3ccc(C(=O)O)cc3)c(Sc3nc4ccccc4s3)nc12. The summed E-state index contributed by atoms with van der Waals surface area (Å²) in [5.74, 6) is -1.00. The fourth-order valence-corrected chi connectivity index (χ4v) is 5.38. The highest BCUT2D eigenvalue weighted by atomic mass is 32.2. The first-order valence-electron chi connectivity index (χ1n) is 10.2. The lowest BCUT2D eigenvalue weighted by atomic mass is 10.2. The number of hydrogen-bond donors (Lipinski definition) is 2. The Morgan fingerprint density at radius 1 is 1.12 bits per heavy atom. The topological polar surface area (TPSA) is 109 Å². The number of carboxylic acids is 1. The third-order valence-electron chi connectivity index (χ3n) is 5.03. The summed E-state index contributed by atoms with van der Waals surface area (Å²) in [4.78, 5) is 33.8. The third kappa shape index (κ3) is 4.28. The fraction of sp³-hybridized carbons (Fsp3) is 0.0417. The van der Waals surface area contributed by atoms with E-state index in [-0.39, 0.29) is 11.1 Å². The Hall–Kier alpha value is -4.02. The molecule has 0 saturated carbocycles. The second kappa shape index (κ2) is 9.08. The van der Waals surface area contributed by atoms with E-state index < -0.39 is 5.97 Å². The van der Waals surface area contributed by atoms with Gasteiger partial charge in [0.05, 0.1) is 33.2 Å². The number of thiazole rings is 1. The number of hydrogen-bond acceptors (Lipinski definition) is 8. The van der Waals surface area contributed by atoms with E-state index in [9.17, 15) is 9.59 Å². The number of pyridine rings is 1. The van der Waals surface area contributed by atoms with E-state index in [0.717, 1.165) is 20.1 Å². The van der Waals surface area contributed by atoms with Crippen LogP contribution in [0.4, 0.5) is 5.69 Å². The summed E-state index contributed by atoms with van der Waals surface area (Å²) >= 11 is 2.86. The van der Waals surface area contributed by atoms with Crippen LogP contribution in [-0.4, -0.2) is 31.7 Å². The average molecular weight is 488 g/mol. The van der Waals surface area contributed by atoms with Crippen molar-refractivity contribution in [1.82, 2.24) is 14.4 Å². The normalized spacial score (nSPS) is 11.4. The maximum Gasteiger partial charge on any atom is 0.335 e. The Kier molecular flexibility index (Phi) is 5.83. The van der Waals surface area contributed by atoms with Crippen molar-refractivity contribution in [3.63, 3.8) is 0 Å². The number of anilines is 1. The third-order valence-corrected chi connectivity index (χ3v) is 7.13. The number of para-hydroxylation sites is 1. The van der Waals surface area contributed by atoms with Crippen LogP contribution in [-0.2, 0) is 0 Å². The molecule has 3 aromatic heterocycles. The molecule has 5 aromatic rings. The molecular weight excluding hydrogens is 470 g/mol. The predicted molar refractivity (Wildman–Crippen MR) is 135 cm³/mol. The van der Waals surface area contributed by atoms with Gasteiger partial charge >= 0.3 is 5.97 Å². The first-order valence-corrected chi connectivity index (χ1v) is 11.8. The van der Waals surface area contributed by atoms with Crippen molar-refractivity contribution in [1.29, 1.82) is 0 Å². The van der Waals surface area contributed by atoms with Crippen molar-refractivity contribution >= 4 is 56.8 Å². The Bertz CT molecular complexity index is 1590. The van der Waals surface area contributed by atoms with Gasteiger partial charge in [0, 0.05) is 6.20 Å². The van der Waals surface area contributed by atoms with Crippen molar-refractivity contribution in [3.05, 3.63) is 93.9 Å². The number of carboxylic acid groups (broad SMARTS) is 1. The number of aromatic nitrogens is 3. The molecule has 0 saturated heterocycles. The molecule has 0 atom stereocenters. The summed E-state index contributed by atoms with van der Waals surface area (Å²) < 4.78 is 3.33. The molecule has 0 unspecified atom stereocenters. The Morgan fingerprint density at radius 2 is 1.91 bits per heavy atom. The Morgan fingerprint density at radius 3 is 2.68 bits per heavy atom. The molecule has 3 heterocycles. The second-order valence-electron chi connectivity index (χ2n) is 7.32. The molecule has 0 aliphatic heterocycles. The summed E-state index contributed by atoms with van der Waals surface area (Å²) in [6, 6.07) is 17.7. The first-order chi connectivity index (χ1) is 16.5. The molecule has 34 heavy (non-hydrogen) atoms. The van der Waals surface area contributed by atoms with E-state index in [4.69, 9.17) is 10.1 Å². The van der Waals surface area contributed by atoms with Crippen LogP contribution in [0.15, 0.2) is 86.1 Å².